The van der Waals surface area contributed by atoms with Gasteiger partial charge >= 0.3 is 0 Å². The first-order chi connectivity index (χ1) is 11.9. The Morgan fingerprint density at radius 2 is 1.52 bits per heavy atom. The average molecular weight is 427 g/mol. The van der Waals surface area contributed by atoms with Crippen molar-refractivity contribution in [1.82, 2.24) is 4.90 Å². The summed E-state index contributed by atoms with van der Waals surface area (Å²) < 4.78 is 38.7. The zero-order valence-corrected chi connectivity index (χ0v) is 16.1. The van der Waals surface area contributed by atoms with Crippen molar-refractivity contribution in [3.63, 3.8) is 0 Å². The van der Waals surface area contributed by atoms with Crippen LogP contribution in [0.2, 0.25) is 0 Å². The van der Waals surface area contributed by atoms with Crippen LogP contribution in [0.3, 0.4) is 0 Å². The molecule has 1 aliphatic rings. The highest BCUT2D eigenvalue weighted by molar-refractivity contribution is 9.10. The number of nitrogens with zero attached hydrogens (tertiary/aromatic N) is 2. The fourth-order valence-electron chi connectivity index (χ4n) is 2.89. The van der Waals surface area contributed by atoms with E-state index in [1.807, 2.05) is 0 Å². The molecule has 1 fully saturated rings. The molecule has 0 aromatic heterocycles. The minimum absolute atomic E-state index is 0.116. The van der Waals surface area contributed by atoms with Crippen molar-refractivity contribution in [3.05, 3.63) is 58.8 Å². The summed E-state index contributed by atoms with van der Waals surface area (Å²) >= 11 is 3.31. The van der Waals surface area contributed by atoms with Crippen LogP contribution in [0.4, 0.5) is 10.1 Å². The molecule has 0 amide bonds. The third-order valence-corrected chi connectivity index (χ3v) is 6.65. The van der Waals surface area contributed by atoms with E-state index in [1.54, 1.807) is 36.4 Å². The lowest BCUT2D eigenvalue weighted by Gasteiger charge is -2.36. The smallest absolute Gasteiger partial charge is 0.179 e. The summed E-state index contributed by atoms with van der Waals surface area (Å²) in [4.78, 5) is 4.72. The molecule has 134 valence electrons. The maximum atomic E-state index is 13.0. The zero-order chi connectivity index (χ0) is 17.9. The summed E-state index contributed by atoms with van der Waals surface area (Å²) in [5.41, 5.74) is 1.00. The highest BCUT2D eigenvalue weighted by Gasteiger charge is 2.20. The first-order valence-electron chi connectivity index (χ1n) is 8.15. The SMILES string of the molecule is O=S(=O)(CCN1CCN(c2ccc(F)cc2)CC1)c1ccc(Br)cc1. The van der Waals surface area contributed by atoms with Crippen molar-refractivity contribution in [1.29, 1.82) is 0 Å². The van der Waals surface area contributed by atoms with E-state index in [0.29, 0.717) is 11.4 Å². The van der Waals surface area contributed by atoms with Crippen molar-refractivity contribution in [2.24, 2.45) is 0 Å². The molecule has 0 aliphatic carbocycles. The first-order valence-corrected chi connectivity index (χ1v) is 10.6. The molecule has 0 N–H and O–H groups in total. The van der Waals surface area contributed by atoms with E-state index in [9.17, 15) is 12.8 Å². The fourth-order valence-corrected chi connectivity index (χ4v) is 4.44. The van der Waals surface area contributed by atoms with Crippen LogP contribution in [0.1, 0.15) is 0 Å². The highest BCUT2D eigenvalue weighted by Crippen LogP contribution is 2.18. The molecule has 3 rings (SSSR count). The van der Waals surface area contributed by atoms with E-state index < -0.39 is 9.84 Å². The van der Waals surface area contributed by atoms with Crippen LogP contribution in [-0.2, 0) is 9.84 Å². The number of hydrogen-bond acceptors (Lipinski definition) is 4. The molecule has 0 spiro atoms. The molecule has 7 heteroatoms. The van der Waals surface area contributed by atoms with E-state index in [4.69, 9.17) is 0 Å². The number of benzene rings is 2. The van der Waals surface area contributed by atoms with Crippen molar-refractivity contribution >= 4 is 31.5 Å². The van der Waals surface area contributed by atoms with E-state index >= 15 is 0 Å². The summed E-state index contributed by atoms with van der Waals surface area (Å²) in [6.45, 7) is 3.74. The lowest BCUT2D eigenvalue weighted by molar-refractivity contribution is 0.272. The van der Waals surface area contributed by atoms with Crippen molar-refractivity contribution in [2.75, 3.05) is 43.4 Å². The Morgan fingerprint density at radius 3 is 2.12 bits per heavy atom. The van der Waals surface area contributed by atoms with Gasteiger partial charge in [0.25, 0.3) is 0 Å². The number of hydrogen-bond donors (Lipinski definition) is 0. The molecule has 0 radical (unpaired) electrons. The minimum Gasteiger partial charge on any atom is -0.369 e. The fraction of sp³-hybridized carbons (Fsp3) is 0.333. The molecule has 2 aromatic carbocycles. The van der Waals surface area contributed by atoms with Crippen molar-refractivity contribution < 1.29 is 12.8 Å². The Bertz CT molecular complexity index is 802. The quantitative estimate of drug-likeness (QED) is 0.735. The second kappa shape index (κ2) is 7.85. The second-order valence-electron chi connectivity index (χ2n) is 6.08. The van der Waals surface area contributed by atoms with Crippen LogP contribution >= 0.6 is 15.9 Å². The van der Waals surface area contributed by atoms with Gasteiger partial charge in [-0.2, -0.15) is 0 Å². The van der Waals surface area contributed by atoms with Gasteiger partial charge in [-0.15, -0.1) is 0 Å². The molecule has 0 unspecified atom stereocenters. The lowest BCUT2D eigenvalue weighted by Crippen LogP contribution is -2.47. The molecule has 1 saturated heterocycles. The third-order valence-electron chi connectivity index (χ3n) is 4.41. The number of halogens is 2. The zero-order valence-electron chi connectivity index (χ0n) is 13.7. The average Bonchev–Trinajstić information content (AvgIpc) is 2.62. The Morgan fingerprint density at radius 1 is 0.920 bits per heavy atom. The standard InChI is InChI=1S/C18H20BrFN2O2S/c19-15-1-7-18(8-2-15)25(23,24)14-13-21-9-11-22(12-10-21)17-5-3-16(20)4-6-17/h1-8H,9-14H2. The van der Waals surface area contributed by atoms with E-state index in [2.05, 4.69) is 25.7 Å². The van der Waals surface area contributed by atoms with Crippen molar-refractivity contribution in [3.8, 4) is 0 Å². The molecule has 0 bridgehead atoms. The van der Waals surface area contributed by atoms with Crippen LogP contribution in [0, 0.1) is 5.82 Å². The lowest BCUT2D eigenvalue weighted by atomic mass is 10.2. The number of rotatable bonds is 5. The molecule has 0 atom stereocenters. The van der Waals surface area contributed by atoms with Gasteiger partial charge < -0.3 is 4.90 Å². The summed E-state index contributed by atoms with van der Waals surface area (Å²) in [7, 11) is -3.26. The van der Waals surface area contributed by atoms with Gasteiger partial charge in [-0.3, -0.25) is 4.90 Å². The van der Waals surface area contributed by atoms with Gasteiger partial charge in [0, 0.05) is 42.9 Å². The number of sulfone groups is 1. The Hall–Kier alpha value is -1.44. The minimum atomic E-state index is -3.26. The third kappa shape index (κ3) is 4.80. The largest absolute Gasteiger partial charge is 0.369 e. The molecule has 1 aliphatic heterocycles. The maximum Gasteiger partial charge on any atom is 0.179 e. The van der Waals surface area contributed by atoms with E-state index in [1.165, 1.54) is 12.1 Å². The van der Waals surface area contributed by atoms with Gasteiger partial charge in [-0.05, 0) is 48.5 Å². The van der Waals surface area contributed by atoms with E-state index in [-0.39, 0.29) is 11.6 Å². The van der Waals surface area contributed by atoms with Crippen LogP contribution < -0.4 is 4.90 Å². The Balaban J connectivity index is 1.52. The van der Waals surface area contributed by atoms with Crippen LogP contribution in [-0.4, -0.2) is 51.8 Å². The summed E-state index contributed by atoms with van der Waals surface area (Å²) in [6, 6.07) is 13.2. The molecular formula is C18H20BrFN2O2S. The molecule has 0 saturated carbocycles. The molecular weight excluding hydrogens is 407 g/mol. The molecule has 25 heavy (non-hydrogen) atoms. The predicted molar refractivity (Wildman–Crippen MR) is 101 cm³/mol. The summed E-state index contributed by atoms with van der Waals surface area (Å²) in [5, 5.41) is 0. The molecule has 1 heterocycles. The normalized spacial score (nSPS) is 16.2. The summed E-state index contributed by atoms with van der Waals surface area (Å²) in [6.07, 6.45) is 0. The second-order valence-corrected chi connectivity index (χ2v) is 9.10. The first kappa shape index (κ1) is 18.4. The predicted octanol–water partition coefficient (Wildman–Crippen LogP) is 3.18. The number of anilines is 1. The topological polar surface area (TPSA) is 40.6 Å². The van der Waals surface area contributed by atoms with Crippen LogP contribution in [0.25, 0.3) is 0 Å². The van der Waals surface area contributed by atoms with Crippen LogP contribution in [0.15, 0.2) is 57.9 Å². The Labute approximate surface area is 156 Å². The van der Waals surface area contributed by atoms with Crippen LogP contribution in [0.5, 0.6) is 0 Å². The Kier molecular flexibility index (Phi) is 5.76. The van der Waals surface area contributed by atoms with E-state index in [0.717, 1.165) is 36.3 Å². The van der Waals surface area contributed by atoms with Gasteiger partial charge in [-0.1, -0.05) is 15.9 Å². The van der Waals surface area contributed by atoms with Gasteiger partial charge in [0.2, 0.25) is 0 Å². The van der Waals surface area contributed by atoms with Crippen molar-refractivity contribution in [2.45, 2.75) is 4.90 Å². The van der Waals surface area contributed by atoms with Gasteiger partial charge in [0.1, 0.15) is 5.82 Å². The highest BCUT2D eigenvalue weighted by atomic mass is 79.9. The summed E-state index contributed by atoms with van der Waals surface area (Å²) in [5.74, 6) is -0.119. The maximum absolute atomic E-state index is 13.0. The van der Waals surface area contributed by atoms with Gasteiger partial charge in [-0.25, -0.2) is 12.8 Å². The van der Waals surface area contributed by atoms with Gasteiger partial charge in [0.15, 0.2) is 9.84 Å². The molecule has 4 nitrogen and oxygen atoms in total. The number of piperazine rings is 1. The molecule has 2 aromatic rings. The monoisotopic (exact) mass is 426 g/mol. The van der Waals surface area contributed by atoms with Gasteiger partial charge in [0.05, 0.1) is 10.6 Å².